The lowest BCUT2D eigenvalue weighted by atomic mass is 10.2. The molecule has 3 nitrogen and oxygen atoms in total. The standard InChI is InChI=1S/C10H23NO2S/c1-5-11-7-6-8-14(12,13)10(4)9(2)3/h9-11H,5-8H2,1-4H3. The van der Waals surface area contributed by atoms with E-state index in [0.717, 1.165) is 13.1 Å². The molecule has 0 rings (SSSR count). The van der Waals surface area contributed by atoms with Crippen LogP contribution in [0, 0.1) is 5.92 Å². The van der Waals surface area contributed by atoms with Gasteiger partial charge in [-0.2, -0.15) is 0 Å². The first-order chi connectivity index (χ1) is 6.41. The minimum atomic E-state index is -2.88. The molecular weight excluding hydrogens is 198 g/mol. The second-order valence-corrected chi connectivity index (χ2v) is 6.50. The van der Waals surface area contributed by atoms with Crippen molar-refractivity contribution < 1.29 is 8.42 Å². The van der Waals surface area contributed by atoms with Crippen LogP contribution >= 0.6 is 0 Å². The fourth-order valence-electron chi connectivity index (χ4n) is 1.18. The Labute approximate surface area is 88.2 Å². The second-order valence-electron chi connectivity index (χ2n) is 4.02. The largest absolute Gasteiger partial charge is 0.317 e. The predicted octanol–water partition coefficient (Wildman–Crippen LogP) is 1.45. The molecule has 86 valence electrons. The lowest BCUT2D eigenvalue weighted by Gasteiger charge is -2.16. The molecule has 0 aromatic carbocycles. The lowest BCUT2D eigenvalue weighted by Crippen LogP contribution is -2.27. The van der Waals surface area contributed by atoms with Crippen molar-refractivity contribution in [3.05, 3.63) is 0 Å². The molecule has 0 aromatic rings. The summed E-state index contributed by atoms with van der Waals surface area (Å²) in [6.07, 6.45) is 0.716. The minimum Gasteiger partial charge on any atom is -0.317 e. The van der Waals surface area contributed by atoms with Gasteiger partial charge in [0.25, 0.3) is 0 Å². The number of rotatable bonds is 7. The average Bonchev–Trinajstić information content (AvgIpc) is 2.11. The van der Waals surface area contributed by atoms with Crippen molar-refractivity contribution in [1.82, 2.24) is 5.32 Å². The van der Waals surface area contributed by atoms with Crippen molar-refractivity contribution in [2.24, 2.45) is 5.92 Å². The maximum atomic E-state index is 11.7. The molecule has 1 unspecified atom stereocenters. The van der Waals surface area contributed by atoms with Crippen molar-refractivity contribution in [2.45, 2.75) is 39.4 Å². The summed E-state index contributed by atoms with van der Waals surface area (Å²) in [4.78, 5) is 0. The van der Waals surface area contributed by atoms with Crippen LogP contribution in [0.5, 0.6) is 0 Å². The highest BCUT2D eigenvalue weighted by Crippen LogP contribution is 2.12. The summed E-state index contributed by atoms with van der Waals surface area (Å²) >= 11 is 0. The van der Waals surface area contributed by atoms with Gasteiger partial charge in [0.15, 0.2) is 9.84 Å². The molecule has 14 heavy (non-hydrogen) atoms. The molecule has 1 N–H and O–H groups in total. The normalized spacial score (nSPS) is 14.6. The number of nitrogens with one attached hydrogen (secondary N) is 1. The topological polar surface area (TPSA) is 46.2 Å². The van der Waals surface area contributed by atoms with Gasteiger partial charge in [-0.3, -0.25) is 0 Å². The van der Waals surface area contributed by atoms with Crippen LogP contribution in [0.4, 0.5) is 0 Å². The Morgan fingerprint density at radius 3 is 2.21 bits per heavy atom. The molecular formula is C10H23NO2S. The van der Waals surface area contributed by atoms with Gasteiger partial charge >= 0.3 is 0 Å². The van der Waals surface area contributed by atoms with E-state index in [1.165, 1.54) is 0 Å². The summed E-state index contributed by atoms with van der Waals surface area (Å²) < 4.78 is 23.4. The van der Waals surface area contributed by atoms with Crippen molar-refractivity contribution in [1.29, 1.82) is 0 Å². The summed E-state index contributed by atoms with van der Waals surface area (Å²) in [5.41, 5.74) is 0. The third-order valence-electron chi connectivity index (χ3n) is 2.54. The van der Waals surface area contributed by atoms with Crippen molar-refractivity contribution in [3.8, 4) is 0 Å². The highest BCUT2D eigenvalue weighted by molar-refractivity contribution is 7.92. The number of hydrogen-bond acceptors (Lipinski definition) is 3. The van der Waals surface area contributed by atoms with Crippen LogP contribution in [0.2, 0.25) is 0 Å². The minimum absolute atomic E-state index is 0.208. The third kappa shape index (κ3) is 4.96. The van der Waals surface area contributed by atoms with Gasteiger partial charge in [-0.15, -0.1) is 0 Å². The van der Waals surface area contributed by atoms with Gasteiger partial charge in [-0.1, -0.05) is 20.8 Å². The van der Waals surface area contributed by atoms with Gasteiger partial charge in [-0.25, -0.2) is 8.42 Å². The van der Waals surface area contributed by atoms with Gasteiger partial charge in [-0.05, 0) is 32.4 Å². The Bertz CT molecular complexity index is 235. The predicted molar refractivity (Wildman–Crippen MR) is 61.2 cm³/mol. The summed E-state index contributed by atoms with van der Waals surface area (Å²) in [5.74, 6) is 0.512. The van der Waals surface area contributed by atoms with Gasteiger partial charge in [0.1, 0.15) is 0 Å². The molecule has 0 aromatic heterocycles. The zero-order chi connectivity index (χ0) is 11.2. The summed E-state index contributed by atoms with van der Waals surface area (Å²) in [7, 11) is -2.88. The third-order valence-corrected chi connectivity index (χ3v) is 5.07. The fourth-order valence-corrected chi connectivity index (χ4v) is 2.92. The first kappa shape index (κ1) is 13.9. The van der Waals surface area contributed by atoms with Crippen LogP contribution in [-0.2, 0) is 9.84 Å². The van der Waals surface area contributed by atoms with E-state index in [1.807, 2.05) is 20.8 Å². The molecule has 0 bridgehead atoms. The molecule has 4 heteroatoms. The Balaban J connectivity index is 3.96. The molecule has 0 aliphatic rings. The number of hydrogen-bond donors (Lipinski definition) is 1. The Morgan fingerprint density at radius 1 is 1.21 bits per heavy atom. The Kier molecular flexibility index (Phi) is 6.36. The van der Waals surface area contributed by atoms with E-state index in [-0.39, 0.29) is 11.2 Å². The van der Waals surface area contributed by atoms with Crippen molar-refractivity contribution >= 4 is 9.84 Å². The summed E-state index contributed by atoms with van der Waals surface area (Å²) in [6.45, 7) is 9.41. The Hall–Kier alpha value is -0.0900. The maximum absolute atomic E-state index is 11.7. The Morgan fingerprint density at radius 2 is 1.79 bits per heavy atom. The molecule has 1 atom stereocenters. The van der Waals surface area contributed by atoms with Crippen LogP contribution in [0.3, 0.4) is 0 Å². The van der Waals surface area contributed by atoms with Crippen molar-refractivity contribution in [3.63, 3.8) is 0 Å². The van der Waals surface area contributed by atoms with E-state index in [0.29, 0.717) is 12.2 Å². The summed E-state index contributed by atoms with van der Waals surface area (Å²) in [5, 5.41) is 2.91. The van der Waals surface area contributed by atoms with Crippen LogP contribution in [0.25, 0.3) is 0 Å². The second kappa shape index (κ2) is 6.40. The van der Waals surface area contributed by atoms with E-state index in [9.17, 15) is 8.42 Å². The van der Waals surface area contributed by atoms with Crippen LogP contribution in [-0.4, -0.2) is 32.5 Å². The summed E-state index contributed by atoms with van der Waals surface area (Å²) in [6, 6.07) is 0. The maximum Gasteiger partial charge on any atom is 0.153 e. The molecule has 0 heterocycles. The van der Waals surface area contributed by atoms with Crippen LogP contribution in [0.1, 0.15) is 34.1 Å². The smallest absolute Gasteiger partial charge is 0.153 e. The van der Waals surface area contributed by atoms with Crippen LogP contribution < -0.4 is 5.32 Å². The monoisotopic (exact) mass is 221 g/mol. The molecule has 0 aliphatic carbocycles. The van der Waals surface area contributed by atoms with E-state index >= 15 is 0 Å². The zero-order valence-corrected chi connectivity index (χ0v) is 10.5. The molecule has 0 spiro atoms. The molecule has 0 saturated heterocycles. The molecule has 0 saturated carbocycles. The zero-order valence-electron chi connectivity index (χ0n) is 9.71. The SMILES string of the molecule is CCNCCCS(=O)(=O)C(C)C(C)C. The first-order valence-corrected chi connectivity index (χ1v) is 7.05. The van der Waals surface area contributed by atoms with E-state index in [2.05, 4.69) is 5.32 Å². The highest BCUT2D eigenvalue weighted by Gasteiger charge is 2.22. The van der Waals surface area contributed by atoms with Gasteiger partial charge in [0, 0.05) is 0 Å². The molecule has 0 aliphatic heterocycles. The fraction of sp³-hybridized carbons (Fsp3) is 1.00. The van der Waals surface area contributed by atoms with Gasteiger partial charge in [0.05, 0.1) is 11.0 Å². The highest BCUT2D eigenvalue weighted by atomic mass is 32.2. The quantitative estimate of drug-likeness (QED) is 0.662. The average molecular weight is 221 g/mol. The van der Waals surface area contributed by atoms with E-state index in [4.69, 9.17) is 0 Å². The molecule has 0 fully saturated rings. The van der Waals surface area contributed by atoms with Crippen molar-refractivity contribution in [2.75, 3.05) is 18.8 Å². The molecule has 0 amide bonds. The van der Waals surface area contributed by atoms with Gasteiger partial charge < -0.3 is 5.32 Å². The van der Waals surface area contributed by atoms with E-state index < -0.39 is 9.84 Å². The van der Waals surface area contributed by atoms with Gasteiger partial charge in [0.2, 0.25) is 0 Å². The number of sulfone groups is 1. The van der Waals surface area contributed by atoms with Crippen LogP contribution in [0.15, 0.2) is 0 Å². The lowest BCUT2D eigenvalue weighted by molar-refractivity contribution is 0.542. The first-order valence-electron chi connectivity index (χ1n) is 5.34. The van der Waals surface area contributed by atoms with E-state index in [1.54, 1.807) is 6.92 Å². The molecule has 0 radical (unpaired) electrons.